The number of hydrogen-bond donors (Lipinski definition) is 1. The van der Waals surface area contributed by atoms with E-state index in [1.165, 1.54) is 0 Å². The molecule has 0 atom stereocenters. The average Bonchev–Trinajstić information content (AvgIpc) is 2.99. The number of unbranched alkanes of at least 4 members (excludes halogenated alkanes) is 3. The van der Waals surface area contributed by atoms with Crippen LogP contribution in [-0.4, -0.2) is 48.1 Å². The highest BCUT2D eigenvalue weighted by molar-refractivity contribution is 6.01. The van der Waals surface area contributed by atoms with Crippen LogP contribution in [0.15, 0.2) is 35.6 Å². The van der Waals surface area contributed by atoms with Gasteiger partial charge in [-0.3, -0.25) is 9.59 Å². The van der Waals surface area contributed by atoms with Crippen LogP contribution >= 0.6 is 0 Å². The Labute approximate surface area is 137 Å². The Balaban J connectivity index is 1.73. The van der Waals surface area contributed by atoms with Gasteiger partial charge >= 0.3 is 5.97 Å². The lowest BCUT2D eigenvalue weighted by atomic mass is 10.0. The number of Topliss-reactive ketones (excluding diaryl/α,β-unsaturated/α-hetero) is 1. The quantitative estimate of drug-likeness (QED) is 0.662. The molecule has 2 aliphatic rings. The summed E-state index contributed by atoms with van der Waals surface area (Å²) in [7, 11) is 0. The van der Waals surface area contributed by atoms with Crippen molar-refractivity contribution in [3.05, 3.63) is 35.6 Å². The maximum atomic E-state index is 12.4. The predicted octanol–water partition coefficient (Wildman–Crippen LogP) is 2.69. The van der Waals surface area contributed by atoms with Crippen LogP contribution in [0, 0.1) is 0 Å². The summed E-state index contributed by atoms with van der Waals surface area (Å²) in [6, 6.07) is 0. The number of nitrogens with zero attached hydrogens (tertiary/aromatic N) is 1. The van der Waals surface area contributed by atoms with E-state index in [9.17, 15) is 9.59 Å². The molecule has 2 rings (SSSR count). The van der Waals surface area contributed by atoms with Gasteiger partial charge in [0, 0.05) is 43.3 Å². The van der Waals surface area contributed by atoms with Gasteiger partial charge < -0.3 is 14.7 Å². The van der Waals surface area contributed by atoms with E-state index < -0.39 is 5.97 Å². The van der Waals surface area contributed by atoms with E-state index in [1.54, 1.807) is 0 Å². The van der Waals surface area contributed by atoms with Gasteiger partial charge in [0.25, 0.3) is 0 Å². The molecule has 1 fully saturated rings. The number of aliphatic carboxylic acids is 1. The van der Waals surface area contributed by atoms with E-state index in [0.717, 1.165) is 56.7 Å². The molecule has 1 heterocycles. The lowest BCUT2D eigenvalue weighted by Crippen LogP contribution is -2.32. The number of morpholine rings is 1. The van der Waals surface area contributed by atoms with Crippen LogP contribution in [0.3, 0.4) is 0 Å². The molecule has 0 bridgehead atoms. The molecule has 0 radical (unpaired) electrons. The second kappa shape index (κ2) is 9.30. The molecular weight excluding hydrogens is 294 g/mol. The van der Waals surface area contributed by atoms with Gasteiger partial charge in [0.05, 0.1) is 13.2 Å². The van der Waals surface area contributed by atoms with Crippen LogP contribution < -0.4 is 0 Å². The van der Waals surface area contributed by atoms with Gasteiger partial charge in [-0.15, -0.1) is 0 Å². The number of hydrogen-bond acceptors (Lipinski definition) is 4. The van der Waals surface area contributed by atoms with Crippen molar-refractivity contribution in [1.82, 2.24) is 4.90 Å². The molecule has 5 nitrogen and oxygen atoms in total. The molecule has 0 amide bonds. The highest BCUT2D eigenvalue weighted by Crippen LogP contribution is 2.22. The Morgan fingerprint density at radius 2 is 1.83 bits per heavy atom. The van der Waals surface area contributed by atoms with Gasteiger partial charge in [-0.2, -0.15) is 0 Å². The van der Waals surface area contributed by atoms with E-state index in [0.29, 0.717) is 12.8 Å². The van der Waals surface area contributed by atoms with Crippen LogP contribution in [0.4, 0.5) is 0 Å². The van der Waals surface area contributed by atoms with Crippen LogP contribution in [0.5, 0.6) is 0 Å². The summed E-state index contributed by atoms with van der Waals surface area (Å²) in [5.41, 5.74) is 1.78. The molecule has 1 aliphatic heterocycles. The topological polar surface area (TPSA) is 66.8 Å². The number of rotatable bonds is 9. The first-order chi connectivity index (χ1) is 11.2. The third-order valence-electron chi connectivity index (χ3n) is 4.06. The number of carboxylic acid groups (broad SMARTS) is 1. The molecule has 0 saturated carbocycles. The molecule has 1 aliphatic carbocycles. The Kier molecular flexibility index (Phi) is 7.07. The predicted molar refractivity (Wildman–Crippen MR) is 88.0 cm³/mol. The minimum atomic E-state index is -0.749. The Morgan fingerprint density at radius 3 is 2.52 bits per heavy atom. The van der Waals surface area contributed by atoms with Crippen molar-refractivity contribution >= 4 is 11.8 Å². The summed E-state index contributed by atoms with van der Waals surface area (Å²) >= 11 is 0. The number of carbonyl (C=O) groups excluding carboxylic acids is 1. The molecule has 1 N–H and O–H groups in total. The smallest absolute Gasteiger partial charge is 0.303 e. The fourth-order valence-electron chi connectivity index (χ4n) is 2.75. The standard InChI is InChI=1S/C18H25NO4/c20-17(8-3-1-2-4-9-18(21)22)16-7-5-6-15(16)14-19-10-12-23-13-11-19/h5-7,14H,1-4,8-13H2,(H,21,22)/b15-14-. The van der Waals surface area contributed by atoms with Gasteiger partial charge in [0.1, 0.15) is 0 Å². The summed E-state index contributed by atoms with van der Waals surface area (Å²) in [6.45, 7) is 3.19. The van der Waals surface area contributed by atoms with Crippen LogP contribution in [0.1, 0.15) is 38.5 Å². The van der Waals surface area contributed by atoms with Gasteiger partial charge in [0.15, 0.2) is 5.78 Å². The number of carboxylic acids is 1. The zero-order valence-electron chi connectivity index (χ0n) is 13.5. The highest BCUT2D eigenvalue weighted by atomic mass is 16.5. The number of carbonyl (C=O) groups is 2. The summed E-state index contributed by atoms with van der Waals surface area (Å²) < 4.78 is 5.33. The zero-order chi connectivity index (χ0) is 16.5. The van der Waals surface area contributed by atoms with Crippen molar-refractivity contribution in [3.63, 3.8) is 0 Å². The SMILES string of the molecule is O=C(O)CCCCCCC(=O)C1=CC=C/C1=C/N1CCOCC1. The monoisotopic (exact) mass is 319 g/mol. The Hall–Kier alpha value is -1.88. The van der Waals surface area contributed by atoms with Crippen molar-refractivity contribution in [2.75, 3.05) is 26.3 Å². The van der Waals surface area contributed by atoms with Gasteiger partial charge in [-0.05, 0) is 12.8 Å². The molecule has 0 spiro atoms. The minimum Gasteiger partial charge on any atom is -0.481 e. The van der Waals surface area contributed by atoms with Crippen molar-refractivity contribution in [2.45, 2.75) is 38.5 Å². The average molecular weight is 319 g/mol. The normalized spacial score (nSPS) is 19.2. The number of ether oxygens (including phenoxy) is 1. The fraction of sp³-hybridized carbons (Fsp3) is 0.556. The summed E-state index contributed by atoms with van der Waals surface area (Å²) in [5.74, 6) is -0.575. The summed E-state index contributed by atoms with van der Waals surface area (Å²) in [5, 5.41) is 8.58. The summed E-state index contributed by atoms with van der Waals surface area (Å²) in [4.78, 5) is 25.0. The first-order valence-electron chi connectivity index (χ1n) is 8.34. The third-order valence-corrected chi connectivity index (χ3v) is 4.06. The Bertz CT molecular complexity index is 513. The second-order valence-electron chi connectivity index (χ2n) is 5.90. The van der Waals surface area contributed by atoms with E-state index >= 15 is 0 Å². The maximum Gasteiger partial charge on any atom is 0.303 e. The molecule has 0 aromatic carbocycles. The van der Waals surface area contributed by atoms with Gasteiger partial charge in [-0.25, -0.2) is 0 Å². The fourth-order valence-corrected chi connectivity index (χ4v) is 2.75. The van der Waals surface area contributed by atoms with Crippen LogP contribution in [-0.2, 0) is 14.3 Å². The molecule has 0 aromatic rings. The summed E-state index contributed by atoms with van der Waals surface area (Å²) in [6.07, 6.45) is 11.9. The van der Waals surface area contributed by atoms with Crippen molar-refractivity contribution in [2.24, 2.45) is 0 Å². The lowest BCUT2D eigenvalue weighted by molar-refractivity contribution is -0.137. The van der Waals surface area contributed by atoms with E-state index in [4.69, 9.17) is 9.84 Å². The van der Waals surface area contributed by atoms with Crippen molar-refractivity contribution < 1.29 is 19.4 Å². The van der Waals surface area contributed by atoms with Crippen molar-refractivity contribution in [3.8, 4) is 0 Å². The number of ketones is 1. The first-order valence-corrected chi connectivity index (χ1v) is 8.34. The lowest BCUT2D eigenvalue weighted by Gasteiger charge is -2.26. The van der Waals surface area contributed by atoms with Crippen LogP contribution in [0.25, 0.3) is 0 Å². The molecule has 1 saturated heterocycles. The van der Waals surface area contributed by atoms with Gasteiger partial charge in [0.2, 0.25) is 0 Å². The largest absolute Gasteiger partial charge is 0.481 e. The second-order valence-corrected chi connectivity index (χ2v) is 5.90. The van der Waals surface area contributed by atoms with Crippen molar-refractivity contribution in [1.29, 1.82) is 0 Å². The van der Waals surface area contributed by atoms with E-state index in [2.05, 4.69) is 11.1 Å². The highest BCUT2D eigenvalue weighted by Gasteiger charge is 2.17. The molecule has 0 aromatic heterocycles. The van der Waals surface area contributed by atoms with E-state index in [1.807, 2.05) is 18.2 Å². The molecule has 126 valence electrons. The number of allylic oxidation sites excluding steroid dienone is 5. The van der Waals surface area contributed by atoms with Crippen LogP contribution in [0.2, 0.25) is 0 Å². The molecule has 0 unspecified atom stereocenters. The molecule has 5 heteroatoms. The third kappa shape index (κ3) is 6.02. The van der Waals surface area contributed by atoms with Gasteiger partial charge in [-0.1, -0.05) is 31.1 Å². The Morgan fingerprint density at radius 1 is 1.13 bits per heavy atom. The minimum absolute atomic E-state index is 0.174. The molecule has 23 heavy (non-hydrogen) atoms. The zero-order valence-corrected chi connectivity index (χ0v) is 13.5. The first kappa shape index (κ1) is 17.5. The molecular formula is C18H25NO4. The van der Waals surface area contributed by atoms with E-state index in [-0.39, 0.29) is 12.2 Å². The maximum absolute atomic E-state index is 12.4.